The van der Waals surface area contributed by atoms with E-state index in [0.717, 1.165) is 44.7 Å². The third kappa shape index (κ3) is 5.85. The molecule has 0 aromatic heterocycles. The van der Waals surface area contributed by atoms with Gasteiger partial charge in [-0.1, -0.05) is 33.1 Å². The zero-order chi connectivity index (χ0) is 13.4. The number of unbranched alkanes of at least 4 members (excludes halogenated alkanes) is 1. The summed E-state index contributed by atoms with van der Waals surface area (Å²) in [5, 5.41) is 3.09. The Morgan fingerprint density at radius 3 is 2.78 bits per heavy atom. The third-order valence-electron chi connectivity index (χ3n) is 3.99. The highest BCUT2D eigenvalue weighted by atomic mass is 16.1. The Kier molecular flexibility index (Phi) is 7.33. The van der Waals surface area contributed by atoms with Crippen LogP contribution in [0.5, 0.6) is 0 Å². The van der Waals surface area contributed by atoms with Crippen LogP contribution >= 0.6 is 0 Å². The van der Waals surface area contributed by atoms with Crippen molar-refractivity contribution in [3.05, 3.63) is 0 Å². The molecule has 18 heavy (non-hydrogen) atoms. The van der Waals surface area contributed by atoms with E-state index in [-0.39, 0.29) is 11.8 Å². The second-order valence-corrected chi connectivity index (χ2v) is 6.15. The molecule has 1 aliphatic carbocycles. The number of hydrogen-bond acceptors (Lipinski definition) is 2. The van der Waals surface area contributed by atoms with Crippen molar-refractivity contribution in [3.63, 3.8) is 0 Å². The molecule has 0 spiro atoms. The van der Waals surface area contributed by atoms with Crippen LogP contribution in [0.15, 0.2) is 0 Å². The number of hydrogen-bond donors (Lipinski definition) is 2. The minimum atomic E-state index is 0.220. The average molecular weight is 254 g/mol. The zero-order valence-electron chi connectivity index (χ0n) is 12.1. The molecule has 0 aromatic carbocycles. The number of carbonyl (C=O) groups excluding carboxylic acids is 1. The second-order valence-electron chi connectivity index (χ2n) is 6.15. The van der Waals surface area contributed by atoms with Gasteiger partial charge in [0.25, 0.3) is 0 Å². The monoisotopic (exact) mass is 254 g/mol. The summed E-state index contributed by atoms with van der Waals surface area (Å²) >= 11 is 0. The molecule has 1 saturated carbocycles. The predicted octanol–water partition coefficient (Wildman–Crippen LogP) is 2.69. The Hall–Kier alpha value is -0.570. The van der Waals surface area contributed by atoms with E-state index >= 15 is 0 Å². The van der Waals surface area contributed by atoms with Gasteiger partial charge in [-0.05, 0) is 44.1 Å². The van der Waals surface area contributed by atoms with Crippen molar-refractivity contribution >= 4 is 5.91 Å². The maximum Gasteiger partial charge on any atom is 0.223 e. The number of amides is 1. The first-order valence-corrected chi connectivity index (χ1v) is 7.61. The Bertz CT molecular complexity index is 241. The summed E-state index contributed by atoms with van der Waals surface area (Å²) in [6.45, 7) is 6.06. The number of nitrogens with two attached hydrogens (primary N) is 1. The lowest BCUT2D eigenvalue weighted by Gasteiger charge is -2.27. The van der Waals surface area contributed by atoms with Crippen LogP contribution in [0.2, 0.25) is 0 Å². The lowest BCUT2D eigenvalue weighted by Crippen LogP contribution is -2.35. The molecule has 0 heterocycles. The minimum absolute atomic E-state index is 0.220. The van der Waals surface area contributed by atoms with Crippen LogP contribution in [0.3, 0.4) is 0 Å². The molecule has 1 fully saturated rings. The van der Waals surface area contributed by atoms with Crippen molar-refractivity contribution < 1.29 is 4.79 Å². The first-order valence-electron chi connectivity index (χ1n) is 7.61. The Morgan fingerprint density at radius 1 is 1.33 bits per heavy atom. The predicted molar refractivity (Wildman–Crippen MR) is 76.2 cm³/mol. The average Bonchev–Trinajstić information content (AvgIpc) is 2.37. The molecule has 3 nitrogen and oxygen atoms in total. The third-order valence-corrected chi connectivity index (χ3v) is 3.99. The van der Waals surface area contributed by atoms with Gasteiger partial charge >= 0.3 is 0 Å². The van der Waals surface area contributed by atoms with Gasteiger partial charge in [-0.25, -0.2) is 0 Å². The van der Waals surface area contributed by atoms with Crippen LogP contribution in [-0.2, 0) is 4.79 Å². The molecule has 3 heteroatoms. The van der Waals surface area contributed by atoms with Gasteiger partial charge < -0.3 is 11.1 Å². The maximum absolute atomic E-state index is 12.0. The first-order chi connectivity index (χ1) is 8.63. The van der Waals surface area contributed by atoms with Crippen LogP contribution in [0.1, 0.15) is 58.8 Å². The number of rotatable bonds is 7. The van der Waals surface area contributed by atoms with E-state index in [4.69, 9.17) is 5.73 Å². The molecule has 0 bridgehead atoms. The molecule has 1 rings (SSSR count). The van der Waals surface area contributed by atoms with Gasteiger partial charge in [-0.2, -0.15) is 0 Å². The first kappa shape index (κ1) is 15.5. The van der Waals surface area contributed by atoms with E-state index in [1.165, 1.54) is 19.3 Å². The Balaban J connectivity index is 2.12. The summed E-state index contributed by atoms with van der Waals surface area (Å²) in [5.74, 6) is 1.81. The highest BCUT2D eigenvalue weighted by Gasteiger charge is 2.25. The van der Waals surface area contributed by atoms with Gasteiger partial charge in [-0.3, -0.25) is 4.79 Å². The van der Waals surface area contributed by atoms with Gasteiger partial charge in [0.15, 0.2) is 0 Å². The van der Waals surface area contributed by atoms with E-state index < -0.39 is 0 Å². The molecular formula is C15H30N2O. The fourth-order valence-electron chi connectivity index (χ4n) is 2.78. The molecule has 0 saturated heterocycles. The second kappa shape index (κ2) is 8.52. The van der Waals surface area contributed by atoms with Gasteiger partial charge in [0.05, 0.1) is 0 Å². The van der Waals surface area contributed by atoms with E-state index in [0.29, 0.717) is 5.92 Å². The van der Waals surface area contributed by atoms with E-state index in [2.05, 4.69) is 19.2 Å². The summed E-state index contributed by atoms with van der Waals surface area (Å²) in [4.78, 5) is 12.0. The highest BCUT2D eigenvalue weighted by Crippen LogP contribution is 2.28. The van der Waals surface area contributed by atoms with Gasteiger partial charge in [0.1, 0.15) is 0 Å². The summed E-state index contributed by atoms with van der Waals surface area (Å²) in [6, 6.07) is 0. The normalized spacial score (nSPS) is 24.2. The van der Waals surface area contributed by atoms with Crippen LogP contribution in [-0.4, -0.2) is 19.0 Å². The number of carbonyl (C=O) groups is 1. The molecule has 106 valence electrons. The molecule has 1 amide bonds. The van der Waals surface area contributed by atoms with Gasteiger partial charge in [0.2, 0.25) is 5.91 Å². The molecule has 1 aliphatic rings. The van der Waals surface area contributed by atoms with Gasteiger partial charge in [-0.15, -0.1) is 0 Å². The van der Waals surface area contributed by atoms with Gasteiger partial charge in [0, 0.05) is 12.5 Å². The zero-order valence-corrected chi connectivity index (χ0v) is 12.1. The smallest absolute Gasteiger partial charge is 0.223 e. The Morgan fingerprint density at radius 2 is 2.11 bits per heavy atom. The fourth-order valence-corrected chi connectivity index (χ4v) is 2.78. The molecule has 2 atom stereocenters. The topological polar surface area (TPSA) is 55.1 Å². The summed E-state index contributed by atoms with van der Waals surface area (Å²) in [6.07, 6.45) is 7.99. The molecule has 0 aliphatic heterocycles. The van der Waals surface area contributed by atoms with Crippen LogP contribution in [0.25, 0.3) is 0 Å². The number of nitrogens with one attached hydrogen (secondary N) is 1. The largest absolute Gasteiger partial charge is 0.356 e. The summed E-state index contributed by atoms with van der Waals surface area (Å²) in [7, 11) is 0. The maximum atomic E-state index is 12.0. The van der Waals surface area contributed by atoms with Crippen LogP contribution in [0, 0.1) is 17.8 Å². The molecule has 2 unspecified atom stereocenters. The van der Waals surface area contributed by atoms with Crippen molar-refractivity contribution in [1.82, 2.24) is 5.32 Å². The fraction of sp³-hybridized carbons (Fsp3) is 0.933. The summed E-state index contributed by atoms with van der Waals surface area (Å²) in [5.41, 5.74) is 5.70. The van der Waals surface area contributed by atoms with Crippen LogP contribution < -0.4 is 11.1 Å². The van der Waals surface area contributed by atoms with Crippen molar-refractivity contribution in [2.24, 2.45) is 23.5 Å². The van der Waals surface area contributed by atoms with E-state index in [9.17, 15) is 4.79 Å². The van der Waals surface area contributed by atoms with Crippen molar-refractivity contribution in [3.8, 4) is 0 Å². The van der Waals surface area contributed by atoms with E-state index in [1.807, 2.05) is 0 Å². The molecule has 0 radical (unpaired) electrons. The van der Waals surface area contributed by atoms with Crippen molar-refractivity contribution in [2.45, 2.75) is 58.8 Å². The molecule has 3 N–H and O–H groups in total. The van der Waals surface area contributed by atoms with Crippen LogP contribution in [0.4, 0.5) is 0 Å². The quantitative estimate of drug-likeness (QED) is 0.686. The summed E-state index contributed by atoms with van der Waals surface area (Å²) < 4.78 is 0. The highest BCUT2D eigenvalue weighted by molar-refractivity contribution is 5.78. The van der Waals surface area contributed by atoms with Crippen molar-refractivity contribution in [2.75, 3.05) is 13.1 Å². The molecule has 0 aromatic rings. The van der Waals surface area contributed by atoms with E-state index in [1.54, 1.807) is 0 Å². The lowest BCUT2D eigenvalue weighted by atomic mass is 9.81. The van der Waals surface area contributed by atoms with Crippen molar-refractivity contribution in [1.29, 1.82) is 0 Å². The Labute approximate surface area is 112 Å². The SMILES string of the molecule is CC(C)CCCCNC(=O)C1CCCC(CN)C1. The molecular weight excluding hydrogens is 224 g/mol. The minimum Gasteiger partial charge on any atom is -0.356 e. The standard InChI is InChI=1S/C15H30N2O/c1-12(2)6-3-4-9-17-15(18)14-8-5-7-13(10-14)11-16/h12-14H,3-11,16H2,1-2H3,(H,17,18). The lowest BCUT2D eigenvalue weighted by molar-refractivity contribution is -0.126.